The average molecular weight is 285 g/mol. The summed E-state index contributed by atoms with van der Waals surface area (Å²) in [5, 5.41) is 0. The number of nitrogens with one attached hydrogen (secondary N) is 2. The van der Waals surface area contributed by atoms with Gasteiger partial charge in [-0.05, 0) is 30.7 Å². The Morgan fingerprint density at radius 1 is 1.05 bits per heavy atom. The second kappa shape index (κ2) is 6.51. The van der Waals surface area contributed by atoms with E-state index in [9.17, 15) is 9.59 Å². The van der Waals surface area contributed by atoms with E-state index < -0.39 is 11.8 Å². The summed E-state index contributed by atoms with van der Waals surface area (Å²) in [7, 11) is 1.49. The van der Waals surface area contributed by atoms with Gasteiger partial charge in [0.25, 0.3) is 11.8 Å². The first-order valence-electron chi connectivity index (χ1n) is 6.28. The summed E-state index contributed by atoms with van der Waals surface area (Å²) in [5.74, 6) is -0.386. The summed E-state index contributed by atoms with van der Waals surface area (Å²) in [4.78, 5) is 27.7. The molecule has 0 saturated heterocycles. The molecule has 0 aliphatic rings. The molecule has 6 nitrogen and oxygen atoms in total. The van der Waals surface area contributed by atoms with Crippen molar-refractivity contribution in [1.29, 1.82) is 0 Å². The topological polar surface area (TPSA) is 80.3 Å². The van der Waals surface area contributed by atoms with E-state index in [0.29, 0.717) is 16.9 Å². The van der Waals surface area contributed by atoms with Gasteiger partial charge in [0.1, 0.15) is 5.75 Å². The molecule has 108 valence electrons. The Kier molecular flexibility index (Phi) is 4.50. The van der Waals surface area contributed by atoms with Gasteiger partial charge in [0, 0.05) is 18.0 Å². The first kappa shape index (κ1) is 14.5. The fourth-order valence-electron chi connectivity index (χ4n) is 1.86. The van der Waals surface area contributed by atoms with E-state index in [4.69, 9.17) is 4.74 Å². The molecular formula is C15H15N3O3. The molecule has 0 radical (unpaired) electrons. The quantitative estimate of drug-likeness (QED) is 0.837. The molecule has 0 aliphatic heterocycles. The standard InChI is InChI=1S/C15H15N3O3/c1-10-4-3-5-12(13(10)21-2)15(20)18-17-14(19)11-6-8-16-9-7-11/h3-9H,1-2H3,(H,17,19)(H,18,20). The van der Waals surface area contributed by atoms with Gasteiger partial charge < -0.3 is 4.74 Å². The zero-order chi connectivity index (χ0) is 15.2. The van der Waals surface area contributed by atoms with Gasteiger partial charge in [-0.15, -0.1) is 0 Å². The number of benzene rings is 1. The number of para-hydroxylation sites is 1. The van der Waals surface area contributed by atoms with Crippen molar-refractivity contribution in [3.63, 3.8) is 0 Å². The fourth-order valence-corrected chi connectivity index (χ4v) is 1.86. The molecule has 1 aromatic carbocycles. The predicted molar refractivity (Wildman–Crippen MR) is 76.9 cm³/mol. The lowest BCUT2D eigenvalue weighted by Gasteiger charge is -2.12. The number of carbonyl (C=O) groups is 2. The van der Waals surface area contributed by atoms with E-state index >= 15 is 0 Å². The maximum absolute atomic E-state index is 12.1. The highest BCUT2D eigenvalue weighted by Crippen LogP contribution is 2.22. The van der Waals surface area contributed by atoms with Crippen LogP contribution in [0.1, 0.15) is 26.3 Å². The monoisotopic (exact) mass is 285 g/mol. The van der Waals surface area contributed by atoms with Crippen LogP contribution in [0.15, 0.2) is 42.7 Å². The van der Waals surface area contributed by atoms with Crippen LogP contribution in [0.2, 0.25) is 0 Å². The molecule has 0 spiro atoms. The van der Waals surface area contributed by atoms with Gasteiger partial charge >= 0.3 is 0 Å². The number of nitrogens with zero attached hydrogens (tertiary/aromatic N) is 1. The molecule has 0 bridgehead atoms. The number of hydrogen-bond acceptors (Lipinski definition) is 4. The third-order valence-corrected chi connectivity index (χ3v) is 2.89. The molecule has 1 heterocycles. The van der Waals surface area contributed by atoms with Crippen LogP contribution in [-0.4, -0.2) is 23.9 Å². The van der Waals surface area contributed by atoms with Crippen LogP contribution in [0.3, 0.4) is 0 Å². The fraction of sp³-hybridized carbons (Fsp3) is 0.133. The minimum Gasteiger partial charge on any atom is -0.496 e. The van der Waals surface area contributed by atoms with E-state index in [2.05, 4.69) is 15.8 Å². The Labute approximate surface area is 122 Å². The Bertz CT molecular complexity index is 656. The largest absolute Gasteiger partial charge is 0.496 e. The molecule has 0 aliphatic carbocycles. The molecule has 0 fully saturated rings. The van der Waals surface area contributed by atoms with Crippen LogP contribution in [0.25, 0.3) is 0 Å². The molecule has 0 unspecified atom stereocenters. The smallest absolute Gasteiger partial charge is 0.273 e. The van der Waals surface area contributed by atoms with Crippen molar-refractivity contribution in [3.05, 3.63) is 59.4 Å². The number of hydrazine groups is 1. The van der Waals surface area contributed by atoms with Crippen molar-refractivity contribution in [2.24, 2.45) is 0 Å². The van der Waals surface area contributed by atoms with Crippen molar-refractivity contribution in [1.82, 2.24) is 15.8 Å². The maximum atomic E-state index is 12.1. The SMILES string of the molecule is COc1c(C)cccc1C(=O)NNC(=O)c1ccncc1. The van der Waals surface area contributed by atoms with Gasteiger partial charge in [0.2, 0.25) is 0 Å². The van der Waals surface area contributed by atoms with Crippen LogP contribution < -0.4 is 15.6 Å². The number of hydrogen-bond donors (Lipinski definition) is 2. The van der Waals surface area contributed by atoms with Gasteiger partial charge in [-0.3, -0.25) is 25.4 Å². The van der Waals surface area contributed by atoms with Crippen LogP contribution in [0.5, 0.6) is 5.75 Å². The second-order valence-electron chi connectivity index (χ2n) is 4.30. The number of methoxy groups -OCH3 is 1. The molecule has 0 atom stereocenters. The molecule has 21 heavy (non-hydrogen) atoms. The highest BCUT2D eigenvalue weighted by molar-refractivity contribution is 6.00. The first-order valence-corrected chi connectivity index (χ1v) is 6.28. The van der Waals surface area contributed by atoms with Gasteiger partial charge in [-0.2, -0.15) is 0 Å². The molecule has 0 saturated carbocycles. The molecule has 2 N–H and O–H groups in total. The predicted octanol–water partition coefficient (Wildman–Crippen LogP) is 1.47. The van der Waals surface area contributed by atoms with Crippen molar-refractivity contribution < 1.29 is 14.3 Å². The van der Waals surface area contributed by atoms with Gasteiger partial charge in [0.15, 0.2) is 0 Å². The minimum atomic E-state index is -0.446. The van der Waals surface area contributed by atoms with E-state index in [0.717, 1.165) is 5.56 Å². The highest BCUT2D eigenvalue weighted by atomic mass is 16.5. The summed E-state index contributed by atoms with van der Waals surface area (Å²) in [5.41, 5.74) is 6.30. The number of pyridine rings is 1. The minimum absolute atomic E-state index is 0.354. The maximum Gasteiger partial charge on any atom is 0.273 e. The summed E-state index contributed by atoms with van der Waals surface area (Å²) in [6, 6.07) is 8.31. The Hall–Kier alpha value is -2.89. The third kappa shape index (κ3) is 3.36. The summed E-state index contributed by atoms with van der Waals surface area (Å²) in [6.45, 7) is 1.84. The van der Waals surface area contributed by atoms with Gasteiger partial charge in [-0.1, -0.05) is 12.1 Å². The van der Waals surface area contributed by atoms with Crippen LogP contribution in [0, 0.1) is 6.92 Å². The Balaban J connectivity index is 2.06. The van der Waals surface area contributed by atoms with Crippen LogP contribution in [-0.2, 0) is 0 Å². The number of aryl methyl sites for hydroxylation is 1. The Morgan fingerprint density at radius 3 is 2.38 bits per heavy atom. The van der Waals surface area contributed by atoms with E-state index in [1.165, 1.54) is 19.5 Å². The number of amides is 2. The van der Waals surface area contributed by atoms with Gasteiger partial charge in [0.05, 0.1) is 12.7 Å². The second-order valence-corrected chi connectivity index (χ2v) is 4.30. The number of ether oxygens (including phenoxy) is 1. The molecular weight excluding hydrogens is 270 g/mol. The molecule has 1 aromatic heterocycles. The molecule has 2 rings (SSSR count). The zero-order valence-electron chi connectivity index (χ0n) is 11.7. The highest BCUT2D eigenvalue weighted by Gasteiger charge is 2.14. The molecule has 2 aromatic rings. The van der Waals surface area contributed by atoms with Gasteiger partial charge in [-0.25, -0.2) is 0 Å². The van der Waals surface area contributed by atoms with Crippen LogP contribution >= 0.6 is 0 Å². The van der Waals surface area contributed by atoms with E-state index in [-0.39, 0.29) is 0 Å². The van der Waals surface area contributed by atoms with E-state index in [1.54, 1.807) is 24.3 Å². The van der Waals surface area contributed by atoms with Crippen molar-refractivity contribution in [2.75, 3.05) is 7.11 Å². The van der Waals surface area contributed by atoms with Crippen LogP contribution in [0.4, 0.5) is 0 Å². The third-order valence-electron chi connectivity index (χ3n) is 2.89. The number of aromatic nitrogens is 1. The zero-order valence-corrected chi connectivity index (χ0v) is 11.7. The van der Waals surface area contributed by atoms with Crippen molar-refractivity contribution in [2.45, 2.75) is 6.92 Å². The summed E-state index contributed by atoms with van der Waals surface area (Å²) >= 11 is 0. The Morgan fingerprint density at radius 2 is 1.71 bits per heavy atom. The number of carbonyl (C=O) groups excluding carboxylic acids is 2. The average Bonchev–Trinajstić information content (AvgIpc) is 2.52. The lowest BCUT2D eigenvalue weighted by molar-refractivity contribution is 0.0845. The lowest BCUT2D eigenvalue weighted by Crippen LogP contribution is -2.41. The normalized spacial score (nSPS) is 9.81. The molecule has 6 heteroatoms. The van der Waals surface area contributed by atoms with Crippen molar-refractivity contribution >= 4 is 11.8 Å². The van der Waals surface area contributed by atoms with Crippen molar-refractivity contribution in [3.8, 4) is 5.75 Å². The summed E-state index contributed by atoms with van der Waals surface area (Å²) in [6.07, 6.45) is 3.00. The molecule has 2 amide bonds. The number of rotatable bonds is 3. The van der Waals surface area contributed by atoms with E-state index in [1.807, 2.05) is 13.0 Å². The first-order chi connectivity index (χ1) is 10.1. The lowest BCUT2D eigenvalue weighted by atomic mass is 10.1. The summed E-state index contributed by atoms with van der Waals surface area (Å²) < 4.78 is 5.21.